The van der Waals surface area contributed by atoms with Crippen LogP contribution in [0.15, 0.2) is 11.6 Å². The molecule has 1 N–H and O–H groups in total. The van der Waals surface area contributed by atoms with E-state index in [9.17, 15) is 9.90 Å². The summed E-state index contributed by atoms with van der Waals surface area (Å²) in [5, 5.41) is 10.8. The average Bonchev–Trinajstić information content (AvgIpc) is 2.89. The zero-order valence-corrected chi connectivity index (χ0v) is 14.2. The summed E-state index contributed by atoms with van der Waals surface area (Å²) < 4.78 is 0. The van der Waals surface area contributed by atoms with Gasteiger partial charge in [0.1, 0.15) is 11.9 Å². The van der Waals surface area contributed by atoms with E-state index in [1.807, 2.05) is 0 Å². The van der Waals surface area contributed by atoms with Crippen molar-refractivity contribution in [2.75, 3.05) is 0 Å². The Hall–Kier alpha value is -1.07. The molecule has 0 amide bonds. The lowest BCUT2D eigenvalue weighted by molar-refractivity contribution is -0.134. The fraction of sp³-hybridized carbons (Fsp3) is 0.762. The van der Waals surface area contributed by atoms with Crippen LogP contribution in [0.5, 0.6) is 0 Å². The minimum Gasteiger partial charge on any atom is -0.379 e. The Bertz CT molecular complexity index is 597. The first-order valence-electron chi connectivity index (χ1n) is 9.41. The fourth-order valence-electron chi connectivity index (χ4n) is 6.87. The van der Waals surface area contributed by atoms with Gasteiger partial charge in [-0.1, -0.05) is 24.5 Å². The van der Waals surface area contributed by atoms with E-state index in [4.69, 9.17) is 6.42 Å². The highest BCUT2D eigenvalue weighted by molar-refractivity contribution is 5.87. The highest BCUT2D eigenvalue weighted by atomic mass is 16.3. The molecule has 0 aromatic carbocycles. The molecule has 4 rings (SSSR count). The highest BCUT2D eigenvalue weighted by Crippen LogP contribution is 2.65. The first-order chi connectivity index (χ1) is 11.0. The molecule has 3 fully saturated rings. The lowest BCUT2D eigenvalue weighted by Crippen LogP contribution is -2.55. The SMILES string of the molecule is C#CC(O)[C@]12CCCC=C1CC[C@@H]1[C@@H]2CC[C@]2(C)C(=O)CC[C@@H]12. The second-order valence-corrected chi connectivity index (χ2v) is 8.56. The normalized spacial score (nSPS) is 46.9. The molecule has 0 aromatic heterocycles. The van der Waals surface area contributed by atoms with Crippen molar-refractivity contribution < 1.29 is 9.90 Å². The molecule has 1 unspecified atom stereocenters. The van der Waals surface area contributed by atoms with Crippen molar-refractivity contribution in [2.45, 2.75) is 70.8 Å². The van der Waals surface area contributed by atoms with Crippen LogP contribution in [-0.4, -0.2) is 17.0 Å². The largest absolute Gasteiger partial charge is 0.379 e. The summed E-state index contributed by atoms with van der Waals surface area (Å²) in [6, 6.07) is 0. The maximum Gasteiger partial charge on any atom is 0.139 e. The summed E-state index contributed by atoms with van der Waals surface area (Å²) >= 11 is 0. The van der Waals surface area contributed by atoms with Crippen molar-refractivity contribution in [1.82, 2.24) is 0 Å². The van der Waals surface area contributed by atoms with Crippen molar-refractivity contribution in [2.24, 2.45) is 28.6 Å². The van der Waals surface area contributed by atoms with Crippen molar-refractivity contribution in [1.29, 1.82) is 0 Å². The number of hydrogen-bond acceptors (Lipinski definition) is 2. The topological polar surface area (TPSA) is 37.3 Å². The predicted octanol–water partition coefficient (Wildman–Crippen LogP) is 3.88. The van der Waals surface area contributed by atoms with E-state index in [0.29, 0.717) is 23.5 Å². The number of ketones is 1. The van der Waals surface area contributed by atoms with Crippen LogP contribution >= 0.6 is 0 Å². The predicted molar refractivity (Wildman–Crippen MR) is 90.5 cm³/mol. The number of fused-ring (bicyclic) bond motifs is 5. The van der Waals surface area contributed by atoms with Gasteiger partial charge in [-0.15, -0.1) is 6.42 Å². The summed E-state index contributed by atoms with van der Waals surface area (Å²) in [5.74, 6) is 4.72. The minimum atomic E-state index is -0.664. The quantitative estimate of drug-likeness (QED) is 0.589. The minimum absolute atomic E-state index is 0.0979. The molecule has 3 saturated carbocycles. The zero-order valence-electron chi connectivity index (χ0n) is 14.2. The van der Waals surface area contributed by atoms with Crippen LogP contribution in [0, 0.1) is 40.9 Å². The maximum atomic E-state index is 12.5. The Kier molecular flexibility index (Phi) is 3.50. The Morgan fingerprint density at radius 2 is 2.09 bits per heavy atom. The third-order valence-electron chi connectivity index (χ3n) is 7.98. The number of aliphatic hydroxyl groups excluding tert-OH is 1. The van der Waals surface area contributed by atoms with E-state index in [0.717, 1.165) is 51.4 Å². The van der Waals surface area contributed by atoms with Crippen molar-refractivity contribution >= 4 is 5.78 Å². The second kappa shape index (κ2) is 5.21. The van der Waals surface area contributed by atoms with Gasteiger partial charge < -0.3 is 5.11 Å². The van der Waals surface area contributed by atoms with Gasteiger partial charge in [-0.2, -0.15) is 0 Å². The van der Waals surface area contributed by atoms with E-state index < -0.39 is 6.10 Å². The zero-order chi connectivity index (χ0) is 16.2. The van der Waals surface area contributed by atoms with Gasteiger partial charge in [0.2, 0.25) is 0 Å². The molecule has 2 heteroatoms. The lowest BCUT2D eigenvalue weighted by atomic mass is 9.45. The van der Waals surface area contributed by atoms with Crippen LogP contribution in [0.3, 0.4) is 0 Å². The molecule has 0 radical (unpaired) electrons. The average molecular weight is 312 g/mol. The van der Waals surface area contributed by atoms with Gasteiger partial charge in [0.25, 0.3) is 0 Å². The Balaban J connectivity index is 1.76. The van der Waals surface area contributed by atoms with Crippen LogP contribution in [-0.2, 0) is 4.79 Å². The molecule has 6 atom stereocenters. The van der Waals surface area contributed by atoms with E-state index >= 15 is 0 Å². The van der Waals surface area contributed by atoms with Gasteiger partial charge in [-0.3, -0.25) is 4.79 Å². The molecule has 0 spiro atoms. The van der Waals surface area contributed by atoms with Gasteiger partial charge in [-0.05, 0) is 69.1 Å². The Morgan fingerprint density at radius 1 is 1.26 bits per heavy atom. The molecule has 23 heavy (non-hydrogen) atoms. The first-order valence-corrected chi connectivity index (χ1v) is 9.41. The van der Waals surface area contributed by atoms with E-state index in [-0.39, 0.29) is 10.8 Å². The molecular formula is C21H28O2. The molecule has 124 valence electrons. The molecule has 0 bridgehead atoms. The Labute approximate surface area is 139 Å². The van der Waals surface area contributed by atoms with E-state index in [1.54, 1.807) is 0 Å². The number of aliphatic hydroxyl groups is 1. The van der Waals surface area contributed by atoms with Gasteiger partial charge >= 0.3 is 0 Å². The molecule has 0 aromatic rings. The number of rotatable bonds is 1. The number of Topliss-reactive ketones (excluding diaryl/α,β-unsaturated/α-hetero) is 1. The molecular weight excluding hydrogens is 284 g/mol. The standard InChI is InChI=1S/C21H28O2/c1-3-18(22)21-12-5-4-6-14(21)7-8-15-16-9-10-19(23)20(16,2)13-11-17(15)21/h1,6,15-18,22H,4-5,7-13H2,2H3/t15-,16-,17-,18?,20-,21+/m0/s1. The maximum absolute atomic E-state index is 12.5. The smallest absolute Gasteiger partial charge is 0.139 e. The summed E-state index contributed by atoms with van der Waals surface area (Å²) in [5.41, 5.74) is 1.14. The summed E-state index contributed by atoms with van der Waals surface area (Å²) in [7, 11) is 0. The van der Waals surface area contributed by atoms with Crippen molar-refractivity contribution in [3.05, 3.63) is 11.6 Å². The van der Waals surface area contributed by atoms with Crippen LogP contribution < -0.4 is 0 Å². The fourth-order valence-corrected chi connectivity index (χ4v) is 6.87. The van der Waals surface area contributed by atoms with E-state index in [1.165, 1.54) is 12.0 Å². The number of terminal acetylenes is 1. The van der Waals surface area contributed by atoms with Crippen molar-refractivity contribution in [3.8, 4) is 12.3 Å². The van der Waals surface area contributed by atoms with Crippen molar-refractivity contribution in [3.63, 3.8) is 0 Å². The molecule has 2 nitrogen and oxygen atoms in total. The number of allylic oxidation sites excluding steroid dienone is 1. The van der Waals surface area contributed by atoms with Gasteiger partial charge in [0, 0.05) is 17.3 Å². The first kappa shape index (κ1) is 15.5. The third kappa shape index (κ3) is 1.89. The lowest BCUT2D eigenvalue weighted by Gasteiger charge is -2.58. The summed E-state index contributed by atoms with van der Waals surface area (Å²) in [4.78, 5) is 12.5. The van der Waals surface area contributed by atoms with Crippen LogP contribution in [0.1, 0.15) is 64.7 Å². The van der Waals surface area contributed by atoms with Gasteiger partial charge in [0.05, 0.1) is 0 Å². The summed E-state index contributed by atoms with van der Waals surface area (Å²) in [6.45, 7) is 2.21. The van der Waals surface area contributed by atoms with Gasteiger partial charge in [0.15, 0.2) is 0 Å². The summed E-state index contributed by atoms with van der Waals surface area (Å²) in [6.07, 6.45) is 16.8. The van der Waals surface area contributed by atoms with Crippen LogP contribution in [0.2, 0.25) is 0 Å². The molecule has 4 aliphatic rings. The highest BCUT2D eigenvalue weighted by Gasteiger charge is 2.61. The molecule has 0 heterocycles. The number of hydrogen-bond donors (Lipinski definition) is 1. The Morgan fingerprint density at radius 3 is 2.87 bits per heavy atom. The monoisotopic (exact) mass is 312 g/mol. The van der Waals surface area contributed by atoms with E-state index in [2.05, 4.69) is 18.9 Å². The van der Waals surface area contributed by atoms with Crippen LogP contribution in [0.25, 0.3) is 0 Å². The molecule has 0 aliphatic heterocycles. The molecule has 0 saturated heterocycles. The second-order valence-electron chi connectivity index (χ2n) is 8.56. The van der Waals surface area contributed by atoms with Crippen LogP contribution in [0.4, 0.5) is 0 Å². The number of carbonyl (C=O) groups excluding carboxylic acids is 1. The molecule has 4 aliphatic carbocycles. The third-order valence-corrected chi connectivity index (χ3v) is 7.98. The van der Waals surface area contributed by atoms with Gasteiger partial charge in [-0.25, -0.2) is 0 Å². The number of carbonyl (C=O) groups is 1.